The fourth-order valence-corrected chi connectivity index (χ4v) is 3.42. The number of carbonyl (C=O) groups excluding carboxylic acids is 1. The fourth-order valence-electron chi connectivity index (χ4n) is 3.42. The summed E-state index contributed by atoms with van der Waals surface area (Å²) in [6.07, 6.45) is 2.60. The van der Waals surface area contributed by atoms with Crippen LogP contribution in [-0.4, -0.2) is 10.5 Å². The topological polar surface area (TPSA) is 57.8 Å². The van der Waals surface area contributed by atoms with Crippen molar-refractivity contribution in [3.05, 3.63) is 88.2 Å². The molecule has 0 spiro atoms. The molecule has 0 fully saturated rings. The van der Waals surface area contributed by atoms with E-state index in [1.54, 1.807) is 6.08 Å². The van der Waals surface area contributed by atoms with Crippen LogP contribution in [0.5, 0.6) is 0 Å². The first-order valence-electron chi connectivity index (χ1n) is 9.71. The van der Waals surface area contributed by atoms with E-state index in [0.29, 0.717) is 5.69 Å². The van der Waals surface area contributed by atoms with Crippen molar-refractivity contribution in [2.24, 2.45) is 0 Å². The van der Waals surface area contributed by atoms with Gasteiger partial charge in [0, 0.05) is 22.8 Å². The van der Waals surface area contributed by atoms with E-state index in [2.05, 4.69) is 41.9 Å². The summed E-state index contributed by atoms with van der Waals surface area (Å²) in [6, 6.07) is 19.9. The van der Waals surface area contributed by atoms with E-state index in [9.17, 15) is 10.1 Å². The number of rotatable bonds is 5. The molecule has 0 radical (unpaired) electrons. The molecule has 29 heavy (non-hydrogen) atoms. The van der Waals surface area contributed by atoms with Crippen LogP contribution in [0, 0.1) is 32.1 Å². The molecule has 146 valence electrons. The maximum Gasteiger partial charge on any atom is 0.266 e. The van der Waals surface area contributed by atoms with Gasteiger partial charge in [0.05, 0.1) is 0 Å². The number of aromatic nitrogens is 1. The van der Waals surface area contributed by atoms with E-state index in [-0.39, 0.29) is 5.57 Å². The van der Waals surface area contributed by atoms with Gasteiger partial charge in [-0.3, -0.25) is 4.79 Å². The van der Waals surface area contributed by atoms with Gasteiger partial charge in [0.2, 0.25) is 0 Å². The molecule has 1 aromatic heterocycles. The molecular weight excluding hydrogens is 358 g/mol. The summed E-state index contributed by atoms with van der Waals surface area (Å²) in [7, 11) is 0. The number of carbonyl (C=O) groups is 1. The van der Waals surface area contributed by atoms with Gasteiger partial charge in [-0.25, -0.2) is 0 Å². The van der Waals surface area contributed by atoms with Gasteiger partial charge in [0.1, 0.15) is 11.6 Å². The minimum absolute atomic E-state index is 0.0778. The van der Waals surface area contributed by atoms with Crippen molar-refractivity contribution >= 4 is 17.7 Å². The van der Waals surface area contributed by atoms with Crippen LogP contribution in [0.15, 0.2) is 60.2 Å². The van der Waals surface area contributed by atoms with Gasteiger partial charge in [-0.1, -0.05) is 31.2 Å². The molecule has 1 amide bonds. The summed E-state index contributed by atoms with van der Waals surface area (Å²) >= 11 is 0. The molecule has 1 heterocycles. The Labute approximate surface area is 172 Å². The quantitative estimate of drug-likeness (QED) is 0.466. The van der Waals surface area contributed by atoms with Crippen molar-refractivity contribution in [3.8, 4) is 11.8 Å². The fraction of sp³-hybridized carbons (Fsp3) is 0.200. The smallest absolute Gasteiger partial charge is 0.266 e. The average molecular weight is 383 g/mol. The molecule has 0 saturated carbocycles. The van der Waals surface area contributed by atoms with Gasteiger partial charge in [-0.05, 0) is 80.3 Å². The predicted molar refractivity (Wildman–Crippen MR) is 118 cm³/mol. The highest BCUT2D eigenvalue weighted by Crippen LogP contribution is 2.23. The highest BCUT2D eigenvalue weighted by atomic mass is 16.1. The number of nitrogens with one attached hydrogen (secondary N) is 1. The molecule has 0 aliphatic carbocycles. The lowest BCUT2D eigenvalue weighted by atomic mass is 10.1. The summed E-state index contributed by atoms with van der Waals surface area (Å²) in [6.45, 7) is 8.16. The van der Waals surface area contributed by atoms with Crippen molar-refractivity contribution in [2.75, 3.05) is 5.32 Å². The first-order valence-corrected chi connectivity index (χ1v) is 9.71. The number of aryl methyl sites for hydroxylation is 3. The lowest BCUT2D eigenvalue weighted by Crippen LogP contribution is -2.13. The van der Waals surface area contributed by atoms with E-state index >= 15 is 0 Å². The summed E-state index contributed by atoms with van der Waals surface area (Å²) in [4.78, 5) is 12.6. The second-order valence-electron chi connectivity index (χ2n) is 7.18. The van der Waals surface area contributed by atoms with E-state index in [0.717, 1.165) is 29.1 Å². The Balaban J connectivity index is 1.90. The summed E-state index contributed by atoms with van der Waals surface area (Å²) in [5.74, 6) is -0.405. The van der Waals surface area contributed by atoms with Crippen LogP contribution in [0.4, 0.5) is 5.69 Å². The minimum Gasteiger partial charge on any atom is -0.321 e. The number of nitriles is 1. The summed E-state index contributed by atoms with van der Waals surface area (Å²) in [5.41, 5.74) is 7.09. The molecular formula is C25H25N3O. The molecule has 1 N–H and O–H groups in total. The minimum atomic E-state index is -0.405. The van der Waals surface area contributed by atoms with E-state index < -0.39 is 5.91 Å². The Bertz CT molecular complexity index is 1110. The second-order valence-corrected chi connectivity index (χ2v) is 7.18. The average Bonchev–Trinajstić information content (AvgIpc) is 2.99. The molecule has 3 rings (SSSR count). The van der Waals surface area contributed by atoms with Crippen molar-refractivity contribution < 1.29 is 4.79 Å². The Morgan fingerprint density at radius 2 is 1.83 bits per heavy atom. The number of benzene rings is 2. The summed E-state index contributed by atoms with van der Waals surface area (Å²) < 4.78 is 2.13. The third kappa shape index (κ3) is 4.47. The Morgan fingerprint density at radius 1 is 1.10 bits per heavy atom. The van der Waals surface area contributed by atoms with Crippen LogP contribution in [0.1, 0.15) is 35.0 Å². The molecule has 4 heteroatoms. The Hall–Kier alpha value is -3.58. The van der Waals surface area contributed by atoms with Crippen LogP contribution < -0.4 is 5.32 Å². The summed E-state index contributed by atoms with van der Waals surface area (Å²) in [5, 5.41) is 12.4. The van der Waals surface area contributed by atoms with E-state index in [1.807, 2.05) is 56.3 Å². The second kappa shape index (κ2) is 8.62. The van der Waals surface area contributed by atoms with E-state index in [4.69, 9.17) is 0 Å². The molecule has 0 aliphatic heterocycles. The van der Waals surface area contributed by atoms with Gasteiger partial charge in [0.25, 0.3) is 5.91 Å². The van der Waals surface area contributed by atoms with Gasteiger partial charge in [-0.15, -0.1) is 0 Å². The number of hydrogen-bond donors (Lipinski definition) is 1. The molecule has 3 aromatic rings. The highest BCUT2D eigenvalue weighted by molar-refractivity contribution is 6.09. The van der Waals surface area contributed by atoms with Crippen molar-refractivity contribution in [2.45, 2.75) is 34.1 Å². The van der Waals surface area contributed by atoms with Crippen LogP contribution in [0.3, 0.4) is 0 Å². The van der Waals surface area contributed by atoms with E-state index in [1.165, 1.54) is 11.1 Å². The lowest BCUT2D eigenvalue weighted by Gasteiger charge is -2.10. The highest BCUT2D eigenvalue weighted by Gasteiger charge is 2.14. The molecule has 0 unspecified atom stereocenters. The van der Waals surface area contributed by atoms with Crippen molar-refractivity contribution in [3.63, 3.8) is 0 Å². The van der Waals surface area contributed by atoms with Crippen LogP contribution in [-0.2, 0) is 11.2 Å². The molecule has 4 nitrogen and oxygen atoms in total. The number of amides is 1. The normalized spacial score (nSPS) is 11.2. The lowest BCUT2D eigenvalue weighted by molar-refractivity contribution is -0.112. The molecule has 0 atom stereocenters. The molecule has 0 aliphatic rings. The van der Waals surface area contributed by atoms with Gasteiger partial charge < -0.3 is 9.88 Å². The predicted octanol–water partition coefficient (Wildman–Crippen LogP) is 5.51. The molecule has 0 saturated heterocycles. The van der Waals surface area contributed by atoms with Crippen LogP contribution >= 0.6 is 0 Å². The SMILES string of the molecule is CCc1ccc(NC(=O)/C(C#N)=C\c2cc(C)n(-c3cccc(C)c3)c2C)cc1. The first kappa shape index (κ1) is 20.2. The Morgan fingerprint density at radius 3 is 2.45 bits per heavy atom. The van der Waals surface area contributed by atoms with Gasteiger partial charge in [0.15, 0.2) is 0 Å². The largest absolute Gasteiger partial charge is 0.321 e. The number of nitrogens with zero attached hydrogens (tertiary/aromatic N) is 2. The number of anilines is 1. The maximum absolute atomic E-state index is 12.6. The van der Waals surface area contributed by atoms with Gasteiger partial charge >= 0.3 is 0 Å². The molecule has 0 bridgehead atoms. The van der Waals surface area contributed by atoms with Crippen LogP contribution in [0.25, 0.3) is 11.8 Å². The zero-order valence-corrected chi connectivity index (χ0v) is 17.3. The van der Waals surface area contributed by atoms with Crippen molar-refractivity contribution in [1.82, 2.24) is 4.57 Å². The third-order valence-electron chi connectivity index (χ3n) is 5.02. The standard InChI is InChI=1S/C25H25N3O/c1-5-20-9-11-23(12-10-20)27-25(29)22(16-26)15-21-14-18(3)28(19(21)4)24-8-6-7-17(2)13-24/h6-15H,5H2,1-4H3,(H,27,29)/b22-15-. The number of hydrogen-bond acceptors (Lipinski definition) is 2. The first-order chi connectivity index (χ1) is 13.9. The Kier molecular flexibility index (Phi) is 5.99. The third-order valence-corrected chi connectivity index (χ3v) is 5.02. The zero-order chi connectivity index (χ0) is 21.0. The van der Waals surface area contributed by atoms with Crippen LogP contribution in [0.2, 0.25) is 0 Å². The van der Waals surface area contributed by atoms with Gasteiger partial charge in [-0.2, -0.15) is 5.26 Å². The maximum atomic E-state index is 12.6. The van der Waals surface area contributed by atoms with Crippen molar-refractivity contribution in [1.29, 1.82) is 5.26 Å². The zero-order valence-electron chi connectivity index (χ0n) is 17.3. The monoisotopic (exact) mass is 383 g/mol. The molecule has 2 aromatic carbocycles.